The van der Waals surface area contributed by atoms with Gasteiger partial charge < -0.3 is 14.0 Å². The molecule has 0 bridgehead atoms. The smallest absolute Gasteiger partial charge is 0.0541 e. The Kier molecular flexibility index (Phi) is 9.17. The fourth-order valence-electron chi connectivity index (χ4n) is 10.4. The second-order valence-electron chi connectivity index (χ2n) is 17.3. The summed E-state index contributed by atoms with van der Waals surface area (Å²) in [5.41, 5.74) is 17.4. The van der Waals surface area contributed by atoms with Crippen molar-refractivity contribution in [2.45, 2.75) is 0 Å². The summed E-state index contributed by atoms with van der Waals surface area (Å²) in [6, 6.07) is 94.9. The van der Waals surface area contributed by atoms with Crippen LogP contribution in [0.25, 0.3) is 99.1 Å². The predicted molar refractivity (Wildman–Crippen MR) is 284 cm³/mol. The van der Waals surface area contributed by atoms with Gasteiger partial charge in [-0.1, -0.05) is 182 Å². The quantitative estimate of drug-likeness (QED) is 0.148. The zero-order chi connectivity index (χ0) is 44.3. The zero-order valence-corrected chi connectivity index (χ0v) is 36.7. The van der Waals surface area contributed by atoms with Crippen LogP contribution in [0.1, 0.15) is 0 Å². The maximum atomic E-state index is 2.41. The third-order valence-corrected chi connectivity index (χ3v) is 13.5. The van der Waals surface area contributed by atoms with E-state index in [1.54, 1.807) is 0 Å². The number of hydrogen-bond donors (Lipinski definition) is 0. The molecule has 0 fully saturated rings. The van der Waals surface area contributed by atoms with Crippen LogP contribution in [-0.4, -0.2) is 9.13 Å². The van der Waals surface area contributed by atoms with Gasteiger partial charge in [0.1, 0.15) is 0 Å². The zero-order valence-electron chi connectivity index (χ0n) is 36.7. The van der Waals surface area contributed by atoms with Gasteiger partial charge in [-0.3, -0.25) is 0 Å². The fraction of sp³-hybridized carbons (Fsp3) is 0. The van der Waals surface area contributed by atoms with Gasteiger partial charge in [0.2, 0.25) is 0 Å². The Hall–Kier alpha value is -8.92. The molecule has 0 N–H and O–H groups in total. The maximum absolute atomic E-state index is 2.41. The minimum atomic E-state index is 1.08. The average molecular weight is 854 g/mol. The van der Waals surface area contributed by atoms with Crippen molar-refractivity contribution in [2.75, 3.05) is 4.90 Å². The van der Waals surface area contributed by atoms with Crippen LogP contribution < -0.4 is 4.90 Å². The summed E-state index contributed by atoms with van der Waals surface area (Å²) < 4.78 is 4.83. The van der Waals surface area contributed by atoms with Gasteiger partial charge in [0.15, 0.2) is 0 Å². The Morgan fingerprint density at radius 3 is 1.00 bits per heavy atom. The Morgan fingerprint density at radius 1 is 0.239 bits per heavy atom. The maximum Gasteiger partial charge on any atom is 0.0541 e. The molecule has 0 saturated heterocycles. The van der Waals surface area contributed by atoms with Gasteiger partial charge in [0, 0.05) is 49.7 Å². The van der Waals surface area contributed by atoms with E-state index in [-0.39, 0.29) is 0 Å². The summed E-state index contributed by atoms with van der Waals surface area (Å²) in [6.45, 7) is 0. The van der Waals surface area contributed by atoms with Crippen LogP contribution >= 0.6 is 0 Å². The van der Waals surface area contributed by atoms with Crippen molar-refractivity contribution in [1.29, 1.82) is 0 Å². The van der Waals surface area contributed by atoms with E-state index in [1.807, 2.05) is 0 Å². The Bertz CT molecular complexity index is 3660. The summed E-state index contributed by atoms with van der Waals surface area (Å²) in [5.74, 6) is 0. The van der Waals surface area contributed by atoms with Crippen molar-refractivity contribution in [1.82, 2.24) is 9.13 Å². The van der Waals surface area contributed by atoms with Gasteiger partial charge in [-0.05, 0) is 112 Å². The highest BCUT2D eigenvalue weighted by molar-refractivity contribution is 6.11. The predicted octanol–water partition coefficient (Wildman–Crippen LogP) is 17.5. The number of para-hydroxylation sites is 6. The number of aromatic nitrogens is 2. The molecule has 0 amide bonds. The van der Waals surface area contributed by atoms with Gasteiger partial charge in [0.25, 0.3) is 0 Å². The van der Waals surface area contributed by atoms with Crippen molar-refractivity contribution < 1.29 is 0 Å². The van der Waals surface area contributed by atoms with Crippen LogP contribution in [0.5, 0.6) is 0 Å². The third kappa shape index (κ3) is 6.51. The molecule has 2 aromatic heterocycles. The van der Waals surface area contributed by atoms with Crippen LogP contribution in [0.2, 0.25) is 0 Å². The number of nitrogens with zero attached hydrogens (tertiary/aromatic N) is 3. The molecule has 3 nitrogen and oxygen atoms in total. The molecule has 11 aromatic carbocycles. The number of rotatable bonds is 8. The molecule has 0 aliphatic heterocycles. The lowest BCUT2D eigenvalue weighted by Crippen LogP contribution is -2.10. The van der Waals surface area contributed by atoms with Gasteiger partial charge in [0.05, 0.1) is 33.4 Å². The molecule has 0 aliphatic carbocycles. The molecule has 314 valence electrons. The van der Waals surface area contributed by atoms with Gasteiger partial charge in [-0.2, -0.15) is 0 Å². The highest BCUT2D eigenvalue weighted by Crippen LogP contribution is 2.42. The van der Waals surface area contributed by atoms with E-state index < -0.39 is 0 Å². The van der Waals surface area contributed by atoms with Crippen molar-refractivity contribution >= 4 is 71.4 Å². The first-order chi connectivity index (χ1) is 33.2. The van der Waals surface area contributed by atoms with Crippen molar-refractivity contribution in [2.24, 2.45) is 0 Å². The lowest BCUT2D eigenvalue weighted by atomic mass is 10.00. The van der Waals surface area contributed by atoms with Crippen LogP contribution in [0.15, 0.2) is 261 Å². The van der Waals surface area contributed by atoms with Crippen LogP contribution in [-0.2, 0) is 0 Å². The molecular weight excluding hydrogens is 811 g/mol. The van der Waals surface area contributed by atoms with E-state index in [0.29, 0.717) is 0 Å². The van der Waals surface area contributed by atoms with E-state index in [4.69, 9.17) is 0 Å². The summed E-state index contributed by atoms with van der Waals surface area (Å²) >= 11 is 0. The van der Waals surface area contributed by atoms with E-state index in [9.17, 15) is 0 Å². The lowest BCUT2D eigenvalue weighted by molar-refractivity contribution is 1.18. The average Bonchev–Trinajstić information content (AvgIpc) is 3.92. The third-order valence-electron chi connectivity index (χ3n) is 13.5. The molecule has 3 heteroatoms. The van der Waals surface area contributed by atoms with Gasteiger partial charge >= 0.3 is 0 Å². The summed E-state index contributed by atoms with van der Waals surface area (Å²) in [6.07, 6.45) is 0. The number of hydrogen-bond acceptors (Lipinski definition) is 1. The highest BCUT2D eigenvalue weighted by Gasteiger charge is 2.19. The summed E-state index contributed by atoms with van der Waals surface area (Å²) in [5, 5.41) is 7.51. The Morgan fingerprint density at radius 2 is 0.567 bits per heavy atom. The first-order valence-corrected chi connectivity index (χ1v) is 23.0. The minimum Gasteiger partial charge on any atom is -0.311 e. The molecule has 0 atom stereocenters. The van der Waals surface area contributed by atoms with E-state index in [0.717, 1.165) is 39.6 Å². The van der Waals surface area contributed by atoms with Crippen molar-refractivity contribution in [3.8, 4) is 44.8 Å². The summed E-state index contributed by atoms with van der Waals surface area (Å²) in [4.78, 5) is 2.37. The Labute approximate surface area is 389 Å². The molecule has 0 unspecified atom stereocenters. The molecule has 2 heterocycles. The SMILES string of the molecule is c1ccc(-n2c3ccccc3c3ccccc32)c(-c2ccc(N(c3ccc(-c4ccc5ccccc5c4)cc3)c3ccc(-c4ccccc4-n4c5ccccc5c5ccccc54)cc3)cc2)c1. The highest BCUT2D eigenvalue weighted by atomic mass is 15.1. The number of anilines is 3. The summed E-state index contributed by atoms with van der Waals surface area (Å²) in [7, 11) is 0. The second kappa shape index (κ2) is 16.0. The molecule has 13 rings (SSSR count). The lowest BCUT2D eigenvalue weighted by Gasteiger charge is -2.26. The Balaban J connectivity index is 0.911. The minimum absolute atomic E-state index is 1.08. The normalized spacial score (nSPS) is 11.6. The molecule has 0 radical (unpaired) electrons. The van der Waals surface area contributed by atoms with Crippen LogP contribution in [0.4, 0.5) is 17.1 Å². The number of benzene rings is 11. The van der Waals surface area contributed by atoms with E-state index >= 15 is 0 Å². The standard InChI is InChI=1S/C64H43N3/c1-2-16-48-43-49(30-29-44(48)15-1)45-31-37-50(38-32-45)65(51-39-33-46(34-40-51)53-17-3-9-23-59(53)66-61-25-11-5-19-55(61)56-20-6-12-26-62(56)66)52-41-35-47(36-42-52)54-18-4-10-24-60(54)67-63-27-13-7-21-57(63)58-22-8-14-28-64(58)67/h1-43H. The molecule has 0 spiro atoms. The number of fused-ring (bicyclic) bond motifs is 7. The topological polar surface area (TPSA) is 13.1 Å². The van der Waals surface area contributed by atoms with Crippen molar-refractivity contribution in [3.05, 3.63) is 261 Å². The molecule has 0 aliphatic rings. The van der Waals surface area contributed by atoms with E-state index in [2.05, 4.69) is 275 Å². The first kappa shape index (κ1) is 38.5. The molecule has 0 saturated carbocycles. The first-order valence-electron chi connectivity index (χ1n) is 23.0. The van der Waals surface area contributed by atoms with Gasteiger partial charge in [-0.25, -0.2) is 0 Å². The second-order valence-corrected chi connectivity index (χ2v) is 17.3. The molecule has 13 aromatic rings. The molecular formula is C64H43N3. The van der Waals surface area contributed by atoms with Gasteiger partial charge in [-0.15, -0.1) is 0 Å². The van der Waals surface area contributed by atoms with E-state index in [1.165, 1.54) is 76.6 Å². The van der Waals surface area contributed by atoms with Crippen LogP contribution in [0, 0.1) is 0 Å². The fourth-order valence-corrected chi connectivity index (χ4v) is 10.4. The largest absolute Gasteiger partial charge is 0.311 e. The molecule has 67 heavy (non-hydrogen) atoms. The monoisotopic (exact) mass is 853 g/mol. The van der Waals surface area contributed by atoms with Crippen molar-refractivity contribution in [3.63, 3.8) is 0 Å². The van der Waals surface area contributed by atoms with Crippen LogP contribution in [0.3, 0.4) is 0 Å².